The number of rotatable bonds is 81. The lowest BCUT2D eigenvalue weighted by molar-refractivity contribution is 0.0725. The molecule has 0 bridgehead atoms. The van der Waals surface area contributed by atoms with Gasteiger partial charge in [-0.2, -0.15) is 10.2 Å². The molecule has 0 spiro atoms. The summed E-state index contributed by atoms with van der Waals surface area (Å²) in [6.07, 6.45) is 75.0. The lowest BCUT2D eigenvalue weighted by Gasteiger charge is -2.18. The van der Waals surface area contributed by atoms with Gasteiger partial charge in [0.05, 0.1) is 62.1 Å². The van der Waals surface area contributed by atoms with Crippen LogP contribution in [0.2, 0.25) is 0 Å². The number of nitrogens with zero attached hydrogens (tertiary/aromatic N) is 4. The molecule has 124 heavy (non-hydrogen) atoms. The van der Waals surface area contributed by atoms with Crippen LogP contribution in [0.15, 0.2) is 142 Å². The van der Waals surface area contributed by atoms with Crippen molar-refractivity contribution in [3.8, 4) is 57.1 Å². The first-order valence-corrected chi connectivity index (χ1v) is 51.1. The standard InChI is InChI=1S/C110H170N4O10/c1-7-13-19-25-31-37-43-49-55-61-87-117-103-85-83-101(105(119-89-63-57-51-45-39-33-27-21-15-9-3)107(103)121-91-65-59-53-47-41-35-29-23-17-11-5)113-111-97-75-67-95(68-76-97)109(115)123-99-79-71-93(72-80-99)94-73-81-100(82-74-94)124-110(116)96-69-77-98(78-70-96)112-114-102-84-86-104(118-88-62-56-50-44-38-32-26-20-14-8-2)108(122-92-66-60-54-48-42-36-30-24-18-12-6)106(102)120-90-64-58-52-46-40-34-28-22-16-10-4/h67-86H,7-66,87-92H2,1-6H3. The molecule has 14 nitrogen and oxygen atoms in total. The van der Waals surface area contributed by atoms with E-state index in [1.165, 1.54) is 308 Å². The maximum Gasteiger partial charge on any atom is 0.343 e. The van der Waals surface area contributed by atoms with Crippen LogP contribution in [0, 0.1) is 0 Å². The first-order chi connectivity index (χ1) is 61.3. The predicted octanol–water partition coefficient (Wildman–Crippen LogP) is 36.4. The van der Waals surface area contributed by atoms with E-state index >= 15 is 0 Å². The molecule has 0 fully saturated rings. The summed E-state index contributed by atoms with van der Waals surface area (Å²) in [6, 6.07) is 36.4. The highest BCUT2D eigenvalue weighted by atomic mass is 16.6. The van der Waals surface area contributed by atoms with E-state index in [1.54, 1.807) is 72.8 Å². The quantitative estimate of drug-likeness (QED) is 0.0156. The van der Waals surface area contributed by atoms with Gasteiger partial charge < -0.3 is 37.9 Å². The third-order valence-corrected chi connectivity index (χ3v) is 23.8. The molecule has 0 aliphatic rings. The summed E-state index contributed by atoms with van der Waals surface area (Å²) in [5.41, 5.74) is 4.84. The molecule has 0 atom stereocenters. The summed E-state index contributed by atoms with van der Waals surface area (Å²) in [5, 5.41) is 19.0. The minimum Gasteiger partial charge on any atom is -0.490 e. The fourth-order valence-corrected chi connectivity index (χ4v) is 15.9. The van der Waals surface area contributed by atoms with Gasteiger partial charge in [-0.05, 0) is 147 Å². The lowest BCUT2D eigenvalue weighted by atomic mass is 10.1. The van der Waals surface area contributed by atoms with Gasteiger partial charge in [0, 0.05) is 0 Å². The first-order valence-electron chi connectivity index (χ1n) is 51.1. The van der Waals surface area contributed by atoms with Crippen LogP contribution in [0.3, 0.4) is 0 Å². The Balaban J connectivity index is 1.07. The van der Waals surface area contributed by atoms with Gasteiger partial charge in [0.15, 0.2) is 23.0 Å². The van der Waals surface area contributed by atoms with Gasteiger partial charge in [0.25, 0.3) is 0 Å². The smallest absolute Gasteiger partial charge is 0.343 e. The SMILES string of the molecule is CCCCCCCCCCCCOc1ccc(N=Nc2ccc(C(=O)Oc3ccc(-c4ccc(OC(=O)c5ccc(N=Nc6ccc(OCCCCCCCCCCCC)c(OCCCCCCCCCCCC)c6OCCCCCCCCCCCC)cc5)cc4)cc3)cc2)c(OCCCCCCCCCCCC)c1OCCCCCCCCCCCC. The van der Waals surface area contributed by atoms with Crippen LogP contribution in [0.1, 0.15) is 448 Å². The van der Waals surface area contributed by atoms with E-state index in [-0.39, 0.29) is 0 Å². The summed E-state index contributed by atoms with van der Waals surface area (Å²) in [4.78, 5) is 27.3. The van der Waals surface area contributed by atoms with Crippen molar-refractivity contribution in [2.45, 2.75) is 427 Å². The number of azo groups is 2. The number of hydrogen-bond donors (Lipinski definition) is 0. The summed E-state index contributed by atoms with van der Waals surface area (Å²) in [7, 11) is 0. The van der Waals surface area contributed by atoms with E-state index in [4.69, 9.17) is 58.4 Å². The Hall–Kier alpha value is -7.74. The molecule has 0 N–H and O–H groups in total. The zero-order chi connectivity index (χ0) is 87.7. The Morgan fingerprint density at radius 2 is 0.403 bits per heavy atom. The van der Waals surface area contributed by atoms with Gasteiger partial charge in [0.2, 0.25) is 11.5 Å². The number of hydrogen-bond acceptors (Lipinski definition) is 14. The van der Waals surface area contributed by atoms with Crippen LogP contribution >= 0.6 is 0 Å². The molecule has 0 amide bonds. The van der Waals surface area contributed by atoms with E-state index in [2.05, 4.69) is 41.5 Å². The molecule has 6 rings (SSSR count). The molecule has 690 valence electrons. The Morgan fingerprint density at radius 3 is 0.629 bits per heavy atom. The molecule has 14 heteroatoms. The molecule has 0 heterocycles. The summed E-state index contributed by atoms with van der Waals surface area (Å²) in [5.74, 6) is 3.54. The van der Waals surface area contributed by atoms with Crippen molar-refractivity contribution in [2.75, 3.05) is 39.6 Å². The Morgan fingerprint density at radius 1 is 0.202 bits per heavy atom. The van der Waals surface area contributed by atoms with Crippen molar-refractivity contribution in [1.29, 1.82) is 0 Å². The highest BCUT2D eigenvalue weighted by Crippen LogP contribution is 2.48. The second-order valence-corrected chi connectivity index (χ2v) is 35.0. The van der Waals surface area contributed by atoms with Crippen LogP contribution in [-0.4, -0.2) is 51.6 Å². The molecule has 0 aliphatic heterocycles. The Labute approximate surface area is 754 Å². The molecule has 0 aliphatic carbocycles. The average Bonchev–Trinajstić information content (AvgIpc) is 0.815. The normalized spacial score (nSPS) is 11.5. The van der Waals surface area contributed by atoms with Crippen LogP contribution in [0.5, 0.6) is 46.0 Å². The van der Waals surface area contributed by atoms with E-state index < -0.39 is 11.9 Å². The van der Waals surface area contributed by atoms with Gasteiger partial charge in [-0.15, -0.1) is 10.2 Å². The van der Waals surface area contributed by atoms with E-state index in [1.807, 2.05) is 48.5 Å². The van der Waals surface area contributed by atoms with Crippen molar-refractivity contribution in [3.05, 3.63) is 132 Å². The lowest BCUT2D eigenvalue weighted by Crippen LogP contribution is -2.08. The molecule has 0 saturated carbocycles. The molecular weight excluding hydrogens is 1540 g/mol. The highest BCUT2D eigenvalue weighted by Gasteiger charge is 2.22. The summed E-state index contributed by atoms with van der Waals surface area (Å²) in [6.45, 7) is 17.1. The van der Waals surface area contributed by atoms with Gasteiger partial charge >= 0.3 is 11.9 Å². The number of unbranched alkanes of at least 4 members (excludes halogenated alkanes) is 54. The number of carbonyl (C=O) groups is 2. The van der Waals surface area contributed by atoms with E-state index in [0.29, 0.717) is 120 Å². The minimum atomic E-state index is -0.494. The third kappa shape index (κ3) is 48.3. The number of ether oxygens (including phenoxy) is 8. The monoisotopic (exact) mass is 1710 g/mol. The molecule has 0 radical (unpaired) electrons. The maximum atomic E-state index is 13.6. The summed E-state index contributed by atoms with van der Waals surface area (Å²) >= 11 is 0. The van der Waals surface area contributed by atoms with Crippen molar-refractivity contribution in [1.82, 2.24) is 0 Å². The van der Waals surface area contributed by atoms with Crippen molar-refractivity contribution in [3.63, 3.8) is 0 Å². The topological polar surface area (TPSA) is 157 Å². The van der Waals surface area contributed by atoms with Crippen molar-refractivity contribution in [2.24, 2.45) is 20.5 Å². The molecule has 0 saturated heterocycles. The number of carbonyl (C=O) groups excluding carboxylic acids is 2. The second-order valence-electron chi connectivity index (χ2n) is 35.0. The third-order valence-electron chi connectivity index (χ3n) is 23.8. The van der Waals surface area contributed by atoms with Gasteiger partial charge in [-0.25, -0.2) is 9.59 Å². The highest BCUT2D eigenvalue weighted by molar-refractivity contribution is 5.92. The number of esters is 2. The van der Waals surface area contributed by atoms with Crippen LogP contribution < -0.4 is 37.9 Å². The zero-order valence-electron chi connectivity index (χ0n) is 79.1. The minimum absolute atomic E-state index is 0.377. The Kier molecular flexibility index (Phi) is 61.2. The largest absolute Gasteiger partial charge is 0.490 e. The fourth-order valence-electron chi connectivity index (χ4n) is 15.9. The fraction of sp³-hybridized carbons (Fsp3) is 0.655. The summed E-state index contributed by atoms with van der Waals surface area (Å²) < 4.78 is 51.8. The van der Waals surface area contributed by atoms with E-state index in [0.717, 1.165) is 88.2 Å². The van der Waals surface area contributed by atoms with Gasteiger partial charge in [-0.3, -0.25) is 0 Å². The molecule has 0 unspecified atom stereocenters. The molecule has 6 aromatic rings. The molecule has 0 aromatic heterocycles. The van der Waals surface area contributed by atoms with Crippen LogP contribution in [0.25, 0.3) is 11.1 Å². The van der Waals surface area contributed by atoms with E-state index in [9.17, 15) is 9.59 Å². The van der Waals surface area contributed by atoms with Crippen LogP contribution in [0.4, 0.5) is 22.7 Å². The van der Waals surface area contributed by atoms with Crippen LogP contribution in [-0.2, 0) is 0 Å². The maximum absolute atomic E-state index is 13.6. The van der Waals surface area contributed by atoms with Crippen molar-refractivity contribution >= 4 is 34.7 Å². The van der Waals surface area contributed by atoms with Gasteiger partial charge in [-0.1, -0.05) is 413 Å². The number of benzene rings is 6. The second kappa shape index (κ2) is 72.3. The average molecular weight is 1710 g/mol. The first kappa shape index (κ1) is 105. The Bertz CT molecular complexity index is 3420. The zero-order valence-corrected chi connectivity index (χ0v) is 79.1. The predicted molar refractivity (Wildman–Crippen MR) is 520 cm³/mol. The van der Waals surface area contributed by atoms with Gasteiger partial charge in [0.1, 0.15) is 22.9 Å². The molecular formula is C110H170N4O10. The molecule has 6 aromatic carbocycles. The van der Waals surface area contributed by atoms with Crippen molar-refractivity contribution < 1.29 is 47.5 Å².